The second-order valence-corrected chi connectivity index (χ2v) is 6.27. The molecule has 0 aromatic rings. The van der Waals surface area contributed by atoms with Crippen molar-refractivity contribution >= 4 is 10.0 Å². The molecule has 5 nitrogen and oxygen atoms in total. The Hall–Kier alpha value is -0.780. The normalized spacial score (nSPS) is 20.5. The smallest absolute Gasteiger partial charge is 0.283 e. The Balaban J connectivity index is 2.68. The van der Waals surface area contributed by atoms with Crippen molar-refractivity contribution in [3.63, 3.8) is 0 Å². The monoisotopic (exact) mass is 267 g/mol. The van der Waals surface area contributed by atoms with Crippen LogP contribution in [0.4, 0.5) is 8.78 Å². The number of hydrogen-bond acceptors (Lipinski definition) is 4. The van der Waals surface area contributed by atoms with Crippen LogP contribution in [0.3, 0.4) is 0 Å². The van der Waals surface area contributed by atoms with E-state index >= 15 is 0 Å². The number of alkyl halides is 2. The SMILES string of the molecule is CC(C)(C#N)N1CCN(S(=O)(=O)C(F)F)CC1. The van der Waals surface area contributed by atoms with Crippen molar-refractivity contribution in [1.82, 2.24) is 9.21 Å². The zero-order valence-electron chi connectivity index (χ0n) is 9.73. The van der Waals surface area contributed by atoms with Gasteiger partial charge < -0.3 is 0 Å². The molecule has 0 atom stereocenters. The minimum Gasteiger partial charge on any atom is -0.283 e. The molecular formula is C9H15F2N3O2S. The summed E-state index contributed by atoms with van der Waals surface area (Å²) in [5, 5.41) is 8.92. The molecule has 0 aromatic carbocycles. The van der Waals surface area contributed by atoms with E-state index in [0.717, 1.165) is 4.31 Å². The first kappa shape index (κ1) is 14.3. The van der Waals surface area contributed by atoms with E-state index in [-0.39, 0.29) is 26.2 Å². The van der Waals surface area contributed by atoms with Gasteiger partial charge in [0.2, 0.25) is 0 Å². The van der Waals surface area contributed by atoms with Crippen LogP contribution in [0.5, 0.6) is 0 Å². The third-order valence-corrected chi connectivity index (χ3v) is 4.42. The maximum atomic E-state index is 12.3. The topological polar surface area (TPSA) is 64.4 Å². The van der Waals surface area contributed by atoms with Gasteiger partial charge in [-0.1, -0.05) is 0 Å². The average molecular weight is 267 g/mol. The van der Waals surface area contributed by atoms with Crippen molar-refractivity contribution in [3.8, 4) is 6.07 Å². The van der Waals surface area contributed by atoms with Crippen LogP contribution in [0.1, 0.15) is 13.8 Å². The Morgan fingerprint density at radius 3 is 2.06 bits per heavy atom. The molecule has 0 saturated carbocycles. The molecule has 0 aromatic heterocycles. The summed E-state index contributed by atoms with van der Waals surface area (Å²) in [5.74, 6) is -3.38. The number of piperazine rings is 1. The lowest BCUT2D eigenvalue weighted by atomic mass is 10.0. The minimum atomic E-state index is -4.49. The molecule has 0 amide bonds. The molecule has 0 unspecified atom stereocenters. The second kappa shape index (κ2) is 4.84. The molecule has 1 saturated heterocycles. The molecule has 17 heavy (non-hydrogen) atoms. The summed E-state index contributed by atoms with van der Waals surface area (Å²) in [4.78, 5) is 1.78. The molecule has 0 spiro atoms. The van der Waals surface area contributed by atoms with Crippen LogP contribution in [0.15, 0.2) is 0 Å². The van der Waals surface area contributed by atoms with Crippen LogP contribution in [-0.2, 0) is 10.0 Å². The number of rotatable bonds is 3. The van der Waals surface area contributed by atoms with Crippen LogP contribution in [0.25, 0.3) is 0 Å². The van der Waals surface area contributed by atoms with Gasteiger partial charge in [-0.25, -0.2) is 8.42 Å². The lowest BCUT2D eigenvalue weighted by molar-refractivity contribution is 0.110. The molecule has 0 bridgehead atoms. The number of hydrogen-bond donors (Lipinski definition) is 0. The molecular weight excluding hydrogens is 252 g/mol. The molecule has 8 heteroatoms. The van der Waals surface area contributed by atoms with Gasteiger partial charge >= 0.3 is 5.76 Å². The van der Waals surface area contributed by atoms with E-state index in [4.69, 9.17) is 5.26 Å². The van der Waals surface area contributed by atoms with Crippen molar-refractivity contribution in [2.45, 2.75) is 25.1 Å². The highest BCUT2D eigenvalue weighted by Crippen LogP contribution is 2.19. The fourth-order valence-corrected chi connectivity index (χ4v) is 2.58. The first-order valence-electron chi connectivity index (χ1n) is 5.15. The van der Waals surface area contributed by atoms with Crippen molar-refractivity contribution in [2.75, 3.05) is 26.2 Å². The number of halogens is 2. The second-order valence-electron chi connectivity index (χ2n) is 4.36. The highest BCUT2D eigenvalue weighted by molar-refractivity contribution is 7.89. The van der Waals surface area contributed by atoms with E-state index in [1.807, 2.05) is 0 Å². The summed E-state index contributed by atoms with van der Waals surface area (Å²) in [6.45, 7) is 3.99. The number of nitriles is 1. The molecule has 1 fully saturated rings. The molecule has 1 aliphatic heterocycles. The number of nitrogens with zero attached hydrogens (tertiary/aromatic N) is 3. The van der Waals surface area contributed by atoms with Crippen molar-refractivity contribution in [2.24, 2.45) is 0 Å². The standard InChI is InChI=1S/C9H15F2N3O2S/c1-9(2,7-12)13-3-5-14(6-4-13)17(15,16)8(10)11/h8H,3-6H2,1-2H3. The predicted octanol–water partition coefficient (Wildman–Crippen LogP) is 0.459. The molecule has 1 rings (SSSR count). The number of sulfonamides is 1. The van der Waals surface area contributed by atoms with Crippen LogP contribution < -0.4 is 0 Å². The molecule has 0 radical (unpaired) electrons. The Labute approximate surface area is 99.7 Å². The summed E-state index contributed by atoms with van der Waals surface area (Å²) in [6, 6.07) is 2.10. The van der Waals surface area contributed by atoms with Gasteiger partial charge in [0.05, 0.1) is 6.07 Å². The van der Waals surface area contributed by atoms with E-state index in [1.165, 1.54) is 0 Å². The highest BCUT2D eigenvalue weighted by Gasteiger charge is 2.37. The zero-order valence-corrected chi connectivity index (χ0v) is 10.5. The molecule has 0 aliphatic carbocycles. The van der Waals surface area contributed by atoms with Gasteiger partial charge in [-0.2, -0.15) is 18.3 Å². The van der Waals surface area contributed by atoms with Gasteiger partial charge in [0.1, 0.15) is 5.54 Å². The average Bonchev–Trinajstić information content (AvgIpc) is 2.29. The fourth-order valence-electron chi connectivity index (χ4n) is 1.68. The first-order valence-corrected chi connectivity index (χ1v) is 6.65. The van der Waals surface area contributed by atoms with E-state index in [1.54, 1.807) is 18.7 Å². The predicted molar refractivity (Wildman–Crippen MR) is 57.8 cm³/mol. The van der Waals surface area contributed by atoms with E-state index < -0.39 is 21.3 Å². The van der Waals surface area contributed by atoms with Crippen LogP contribution in [-0.4, -0.2) is 55.1 Å². The molecule has 98 valence electrons. The van der Waals surface area contributed by atoms with Gasteiger partial charge in [-0.05, 0) is 13.8 Å². The Kier molecular flexibility index (Phi) is 4.06. The van der Waals surface area contributed by atoms with Gasteiger partial charge in [0, 0.05) is 26.2 Å². The van der Waals surface area contributed by atoms with Gasteiger partial charge in [-0.15, -0.1) is 0 Å². The largest absolute Gasteiger partial charge is 0.350 e. The first-order chi connectivity index (χ1) is 7.71. The fraction of sp³-hybridized carbons (Fsp3) is 0.889. The van der Waals surface area contributed by atoms with E-state index in [0.29, 0.717) is 0 Å². The molecule has 1 aliphatic rings. The quantitative estimate of drug-likeness (QED) is 0.745. The minimum absolute atomic E-state index is 0.00220. The third-order valence-electron chi connectivity index (χ3n) is 2.89. The summed E-state index contributed by atoms with van der Waals surface area (Å²) >= 11 is 0. The summed E-state index contributed by atoms with van der Waals surface area (Å²) in [5.41, 5.74) is -0.708. The van der Waals surface area contributed by atoms with Crippen molar-refractivity contribution < 1.29 is 17.2 Å². The van der Waals surface area contributed by atoms with Crippen LogP contribution in [0.2, 0.25) is 0 Å². The van der Waals surface area contributed by atoms with Crippen LogP contribution >= 0.6 is 0 Å². The van der Waals surface area contributed by atoms with Crippen molar-refractivity contribution in [3.05, 3.63) is 0 Å². The molecule has 1 heterocycles. The lowest BCUT2D eigenvalue weighted by Crippen LogP contribution is -2.55. The summed E-state index contributed by atoms with van der Waals surface area (Å²) in [6.07, 6.45) is 0. The van der Waals surface area contributed by atoms with Gasteiger partial charge in [-0.3, -0.25) is 4.90 Å². The van der Waals surface area contributed by atoms with Crippen molar-refractivity contribution in [1.29, 1.82) is 5.26 Å². The maximum absolute atomic E-state index is 12.3. The summed E-state index contributed by atoms with van der Waals surface area (Å²) < 4.78 is 47.8. The van der Waals surface area contributed by atoms with Gasteiger partial charge in [0.25, 0.3) is 10.0 Å². The Morgan fingerprint density at radius 2 is 1.71 bits per heavy atom. The van der Waals surface area contributed by atoms with E-state index in [2.05, 4.69) is 6.07 Å². The third kappa shape index (κ3) is 2.91. The highest BCUT2D eigenvalue weighted by atomic mass is 32.2. The van der Waals surface area contributed by atoms with E-state index in [9.17, 15) is 17.2 Å². The summed E-state index contributed by atoms with van der Waals surface area (Å²) in [7, 11) is -4.49. The zero-order chi connectivity index (χ0) is 13.3. The Bertz CT molecular complexity index is 408. The van der Waals surface area contributed by atoms with Gasteiger partial charge in [0.15, 0.2) is 0 Å². The Morgan fingerprint density at radius 1 is 1.24 bits per heavy atom. The lowest BCUT2D eigenvalue weighted by Gasteiger charge is -2.39. The molecule has 0 N–H and O–H groups in total. The maximum Gasteiger partial charge on any atom is 0.350 e. The van der Waals surface area contributed by atoms with Crippen LogP contribution in [0, 0.1) is 11.3 Å².